The van der Waals surface area contributed by atoms with E-state index in [0.717, 1.165) is 5.75 Å². The van der Waals surface area contributed by atoms with Crippen LogP contribution in [0, 0.1) is 6.92 Å². The van der Waals surface area contributed by atoms with Crippen molar-refractivity contribution in [2.75, 3.05) is 17.2 Å². The SMILES string of the molecule is CCOc1ccc(NC(=O)[C@H]2CC(=O)Nc3nc(C)nn32)cc1. The van der Waals surface area contributed by atoms with E-state index >= 15 is 0 Å². The molecule has 2 heterocycles. The lowest BCUT2D eigenvalue weighted by Gasteiger charge is -2.22. The van der Waals surface area contributed by atoms with Gasteiger partial charge in [-0.2, -0.15) is 10.1 Å². The summed E-state index contributed by atoms with van der Waals surface area (Å²) in [4.78, 5) is 28.3. The number of nitrogens with zero attached hydrogens (tertiary/aromatic N) is 3. The minimum atomic E-state index is -0.716. The van der Waals surface area contributed by atoms with Gasteiger partial charge in [-0.05, 0) is 38.1 Å². The fourth-order valence-corrected chi connectivity index (χ4v) is 2.40. The lowest BCUT2D eigenvalue weighted by molar-refractivity contribution is -0.125. The number of anilines is 2. The van der Waals surface area contributed by atoms with Crippen LogP contribution in [-0.4, -0.2) is 33.2 Å². The predicted molar refractivity (Wildman–Crippen MR) is 83.3 cm³/mol. The largest absolute Gasteiger partial charge is 0.494 e. The summed E-state index contributed by atoms with van der Waals surface area (Å²) in [5.74, 6) is 0.968. The standard InChI is InChI=1S/C15H17N5O3/c1-3-23-11-6-4-10(5-7-11)17-14(22)12-8-13(21)18-15-16-9(2)19-20(12)15/h4-7,12H,3,8H2,1-2H3,(H,17,22)(H,16,18,19,21)/t12-/m1/s1. The van der Waals surface area contributed by atoms with Gasteiger partial charge in [-0.1, -0.05) is 0 Å². The molecule has 0 saturated carbocycles. The number of amides is 2. The van der Waals surface area contributed by atoms with Crippen molar-refractivity contribution in [2.45, 2.75) is 26.3 Å². The van der Waals surface area contributed by atoms with Crippen LogP contribution in [0.3, 0.4) is 0 Å². The Morgan fingerprint density at radius 3 is 2.87 bits per heavy atom. The Morgan fingerprint density at radius 2 is 2.17 bits per heavy atom. The second kappa shape index (κ2) is 6.07. The third-order valence-electron chi connectivity index (χ3n) is 3.40. The molecule has 3 rings (SSSR count). The molecule has 0 spiro atoms. The van der Waals surface area contributed by atoms with Crippen LogP contribution >= 0.6 is 0 Å². The predicted octanol–water partition coefficient (Wildman–Crippen LogP) is 1.51. The van der Waals surface area contributed by atoms with Crippen molar-refractivity contribution in [3.8, 4) is 5.75 Å². The molecule has 2 N–H and O–H groups in total. The number of ether oxygens (including phenoxy) is 1. The molecular weight excluding hydrogens is 298 g/mol. The molecule has 0 aliphatic carbocycles. The van der Waals surface area contributed by atoms with E-state index in [1.807, 2.05) is 6.92 Å². The molecule has 1 aliphatic heterocycles. The number of hydrogen-bond acceptors (Lipinski definition) is 5. The van der Waals surface area contributed by atoms with Gasteiger partial charge in [0.15, 0.2) is 0 Å². The molecule has 1 aromatic carbocycles. The van der Waals surface area contributed by atoms with Gasteiger partial charge in [-0.3, -0.25) is 14.9 Å². The van der Waals surface area contributed by atoms with Gasteiger partial charge in [0, 0.05) is 5.69 Å². The van der Waals surface area contributed by atoms with E-state index in [0.29, 0.717) is 24.1 Å². The summed E-state index contributed by atoms with van der Waals surface area (Å²) in [5, 5.41) is 9.57. The number of carbonyl (C=O) groups excluding carboxylic acids is 2. The lowest BCUT2D eigenvalue weighted by atomic mass is 10.1. The van der Waals surface area contributed by atoms with Crippen LogP contribution in [0.15, 0.2) is 24.3 Å². The Labute approximate surface area is 132 Å². The van der Waals surface area contributed by atoms with E-state index in [4.69, 9.17) is 4.74 Å². The first-order valence-electron chi connectivity index (χ1n) is 7.33. The summed E-state index contributed by atoms with van der Waals surface area (Å²) in [7, 11) is 0. The topological polar surface area (TPSA) is 98.1 Å². The zero-order chi connectivity index (χ0) is 16.4. The van der Waals surface area contributed by atoms with Crippen molar-refractivity contribution < 1.29 is 14.3 Å². The summed E-state index contributed by atoms with van der Waals surface area (Å²) in [5.41, 5.74) is 0.628. The molecule has 1 atom stereocenters. The Hall–Kier alpha value is -2.90. The highest BCUT2D eigenvalue weighted by Gasteiger charge is 2.32. The van der Waals surface area contributed by atoms with Gasteiger partial charge in [-0.25, -0.2) is 4.68 Å². The van der Waals surface area contributed by atoms with Crippen LogP contribution in [0.5, 0.6) is 5.75 Å². The van der Waals surface area contributed by atoms with E-state index in [2.05, 4.69) is 20.7 Å². The van der Waals surface area contributed by atoms with Gasteiger partial charge < -0.3 is 10.1 Å². The summed E-state index contributed by atoms with van der Waals surface area (Å²) in [6, 6.07) is 6.33. The van der Waals surface area contributed by atoms with Crippen molar-refractivity contribution in [1.29, 1.82) is 0 Å². The van der Waals surface area contributed by atoms with Crippen LogP contribution in [-0.2, 0) is 9.59 Å². The van der Waals surface area contributed by atoms with Gasteiger partial charge in [0.2, 0.25) is 17.8 Å². The minimum absolute atomic E-state index is 0.0265. The fraction of sp³-hybridized carbons (Fsp3) is 0.333. The molecule has 0 unspecified atom stereocenters. The maximum atomic E-state index is 12.5. The lowest BCUT2D eigenvalue weighted by Crippen LogP contribution is -2.36. The molecule has 120 valence electrons. The number of aromatic nitrogens is 3. The number of hydrogen-bond donors (Lipinski definition) is 2. The molecule has 23 heavy (non-hydrogen) atoms. The molecule has 8 heteroatoms. The van der Waals surface area contributed by atoms with Gasteiger partial charge in [0.25, 0.3) is 0 Å². The molecule has 8 nitrogen and oxygen atoms in total. The summed E-state index contributed by atoms with van der Waals surface area (Å²) in [6.45, 7) is 4.19. The van der Waals surface area contributed by atoms with Gasteiger partial charge in [0.05, 0.1) is 13.0 Å². The monoisotopic (exact) mass is 315 g/mol. The average Bonchev–Trinajstić information content (AvgIpc) is 2.88. The van der Waals surface area contributed by atoms with Crippen molar-refractivity contribution in [3.05, 3.63) is 30.1 Å². The van der Waals surface area contributed by atoms with E-state index < -0.39 is 6.04 Å². The number of rotatable bonds is 4. The van der Waals surface area contributed by atoms with E-state index in [1.54, 1.807) is 31.2 Å². The molecule has 0 fully saturated rings. The van der Waals surface area contributed by atoms with Crippen LogP contribution < -0.4 is 15.4 Å². The highest BCUT2D eigenvalue weighted by Crippen LogP contribution is 2.24. The van der Waals surface area contributed by atoms with Gasteiger partial charge >= 0.3 is 0 Å². The second-order valence-electron chi connectivity index (χ2n) is 5.14. The van der Waals surface area contributed by atoms with Gasteiger partial charge in [-0.15, -0.1) is 0 Å². The van der Waals surface area contributed by atoms with Crippen LogP contribution in [0.4, 0.5) is 11.6 Å². The zero-order valence-corrected chi connectivity index (χ0v) is 12.9. The normalized spacial score (nSPS) is 16.4. The number of nitrogens with one attached hydrogen (secondary N) is 2. The molecule has 1 aliphatic rings. The minimum Gasteiger partial charge on any atom is -0.494 e. The molecule has 2 amide bonds. The summed E-state index contributed by atoms with van der Waals surface area (Å²) in [6.07, 6.45) is 0.0265. The average molecular weight is 315 g/mol. The smallest absolute Gasteiger partial charge is 0.249 e. The number of aryl methyl sites for hydroxylation is 1. The maximum absolute atomic E-state index is 12.5. The highest BCUT2D eigenvalue weighted by molar-refractivity contribution is 6.00. The highest BCUT2D eigenvalue weighted by atomic mass is 16.5. The Bertz CT molecular complexity index is 738. The number of benzene rings is 1. The molecule has 0 radical (unpaired) electrons. The fourth-order valence-electron chi connectivity index (χ4n) is 2.40. The molecule has 2 aromatic rings. The van der Waals surface area contributed by atoms with E-state index in [-0.39, 0.29) is 18.2 Å². The quantitative estimate of drug-likeness (QED) is 0.891. The zero-order valence-electron chi connectivity index (χ0n) is 12.9. The summed E-state index contributed by atoms with van der Waals surface area (Å²) < 4.78 is 6.80. The summed E-state index contributed by atoms with van der Waals surface area (Å²) >= 11 is 0. The Kier molecular flexibility index (Phi) is 3.96. The first kappa shape index (κ1) is 15.0. The van der Waals surface area contributed by atoms with E-state index in [9.17, 15) is 9.59 Å². The Balaban J connectivity index is 1.76. The van der Waals surface area contributed by atoms with Crippen molar-refractivity contribution in [3.63, 3.8) is 0 Å². The first-order chi connectivity index (χ1) is 11.1. The van der Waals surface area contributed by atoms with Crippen LogP contribution in [0.1, 0.15) is 25.2 Å². The second-order valence-corrected chi connectivity index (χ2v) is 5.14. The third kappa shape index (κ3) is 3.15. The number of carbonyl (C=O) groups is 2. The first-order valence-corrected chi connectivity index (χ1v) is 7.33. The number of fused-ring (bicyclic) bond motifs is 1. The Morgan fingerprint density at radius 1 is 1.43 bits per heavy atom. The molecule has 0 bridgehead atoms. The van der Waals surface area contributed by atoms with Crippen LogP contribution in [0.25, 0.3) is 0 Å². The van der Waals surface area contributed by atoms with Crippen LogP contribution in [0.2, 0.25) is 0 Å². The van der Waals surface area contributed by atoms with Gasteiger partial charge in [0.1, 0.15) is 17.6 Å². The molecule has 0 saturated heterocycles. The van der Waals surface area contributed by atoms with Crippen molar-refractivity contribution in [2.24, 2.45) is 0 Å². The maximum Gasteiger partial charge on any atom is 0.249 e. The molecule has 1 aromatic heterocycles. The molecular formula is C15H17N5O3. The van der Waals surface area contributed by atoms with Crippen molar-refractivity contribution >= 4 is 23.5 Å². The van der Waals surface area contributed by atoms with Crippen molar-refractivity contribution in [1.82, 2.24) is 14.8 Å². The third-order valence-corrected chi connectivity index (χ3v) is 3.40. The van der Waals surface area contributed by atoms with E-state index in [1.165, 1.54) is 4.68 Å².